The molecule has 0 fully saturated rings. The van der Waals surface area contributed by atoms with E-state index in [9.17, 15) is 0 Å². The van der Waals surface area contributed by atoms with Gasteiger partial charge < -0.3 is 9.80 Å². The van der Waals surface area contributed by atoms with Crippen LogP contribution in [0.2, 0.25) is 0 Å². The highest BCUT2D eigenvalue weighted by Crippen LogP contribution is 2.52. The third-order valence-corrected chi connectivity index (χ3v) is 17.1. The molecule has 0 aliphatic carbocycles. The van der Waals surface area contributed by atoms with E-state index in [0.717, 1.165) is 135 Å². The summed E-state index contributed by atoms with van der Waals surface area (Å²) in [7, 11) is 0. The molecule has 0 bridgehead atoms. The molecule has 5 nitrogen and oxygen atoms in total. The number of nitrogens with zero attached hydrogens (tertiary/aromatic N) is 5. The Morgan fingerprint density at radius 3 is 0.628 bits per heavy atom. The summed E-state index contributed by atoms with van der Waals surface area (Å²) in [5, 5.41) is 0. The molecule has 446 valence electrons. The minimum Gasteiger partial charge on any atom is -0.309 e. The van der Waals surface area contributed by atoms with Crippen molar-refractivity contribution >= 4 is 68.5 Å². The van der Waals surface area contributed by atoms with Gasteiger partial charge in [0.25, 0.3) is 0 Å². The highest BCUT2D eigenvalue weighted by atomic mass is 15.3. The van der Waals surface area contributed by atoms with E-state index in [0.29, 0.717) is 0 Å². The molecule has 0 saturated heterocycles. The monoisotopic (exact) mass is 1200 g/mol. The van der Waals surface area contributed by atoms with Gasteiger partial charge in [-0.1, -0.05) is 297 Å². The first-order valence-corrected chi connectivity index (χ1v) is 31.9. The molecule has 15 aromatic rings. The van der Waals surface area contributed by atoms with Gasteiger partial charge in [0.1, 0.15) is 11.6 Å². The van der Waals surface area contributed by atoms with E-state index in [4.69, 9.17) is 4.98 Å². The zero-order chi connectivity index (χ0) is 62.8. The Balaban J connectivity index is 0.961. The van der Waals surface area contributed by atoms with Crippen molar-refractivity contribution in [2.24, 2.45) is 0 Å². The Bertz CT molecular complexity index is 4550. The number of rotatable bonds is 18. The molecular formula is C89H65N5. The van der Waals surface area contributed by atoms with Gasteiger partial charge >= 0.3 is 0 Å². The molecule has 1 heterocycles. The zero-order valence-corrected chi connectivity index (χ0v) is 51.8. The molecule has 0 N–H and O–H groups in total. The van der Waals surface area contributed by atoms with Gasteiger partial charge in [0.2, 0.25) is 0 Å². The normalized spacial score (nSPS) is 11.0. The van der Waals surface area contributed by atoms with Crippen LogP contribution in [0.1, 0.15) is 0 Å². The van der Waals surface area contributed by atoms with Crippen LogP contribution in [-0.2, 0) is 0 Å². The zero-order valence-electron chi connectivity index (χ0n) is 51.8. The van der Waals surface area contributed by atoms with Gasteiger partial charge in [0.15, 0.2) is 0 Å². The fourth-order valence-electron chi connectivity index (χ4n) is 12.9. The summed E-state index contributed by atoms with van der Waals surface area (Å²) in [6.07, 6.45) is 0. The van der Waals surface area contributed by atoms with Gasteiger partial charge in [-0.05, 0) is 142 Å². The highest BCUT2D eigenvalue weighted by Gasteiger charge is 2.28. The first-order valence-electron chi connectivity index (χ1n) is 31.9. The van der Waals surface area contributed by atoms with Crippen LogP contribution in [0.5, 0.6) is 0 Å². The van der Waals surface area contributed by atoms with Gasteiger partial charge in [0, 0.05) is 56.4 Å². The average Bonchev–Trinajstić information content (AvgIpc) is 0.768. The van der Waals surface area contributed by atoms with Crippen LogP contribution in [0.15, 0.2) is 394 Å². The molecule has 0 aliphatic heterocycles. The van der Waals surface area contributed by atoms with Gasteiger partial charge in [0.05, 0.1) is 22.7 Å². The van der Waals surface area contributed by atoms with Crippen LogP contribution in [0.4, 0.5) is 68.5 Å². The maximum Gasteiger partial charge on any atom is 0.140 e. The molecule has 1 aromatic heterocycles. The van der Waals surface area contributed by atoms with Crippen molar-refractivity contribution in [3.8, 4) is 66.8 Å². The maximum atomic E-state index is 5.91. The minimum atomic E-state index is 0.733. The quantitative estimate of drug-likeness (QED) is 0.0853. The van der Waals surface area contributed by atoms with Crippen LogP contribution in [0.25, 0.3) is 66.8 Å². The second kappa shape index (κ2) is 26.9. The molecule has 0 saturated carbocycles. The van der Waals surface area contributed by atoms with Crippen LogP contribution in [0.3, 0.4) is 0 Å². The SMILES string of the molecule is c1ccc(-c2cc(N(c3ccccc3)c3cccc(N(c4ccccc4)c4cc(-c5ccccc5)cc(N(c5ccccc5)c5c(-c6ccccc6)cccc5-c5ccccc5)c4)n3)cc(N(c3ccccc3)c3c(-c4ccccc4)cccc3-c3ccccc3)c2)cc1. The Labute approximate surface area is 550 Å². The predicted molar refractivity (Wildman–Crippen MR) is 396 cm³/mol. The molecule has 15 rings (SSSR count). The number of hydrogen-bond donors (Lipinski definition) is 0. The molecule has 5 heteroatoms. The largest absolute Gasteiger partial charge is 0.309 e. The lowest BCUT2D eigenvalue weighted by Crippen LogP contribution is -2.18. The fourth-order valence-corrected chi connectivity index (χ4v) is 12.9. The minimum absolute atomic E-state index is 0.733. The van der Waals surface area contributed by atoms with Crippen molar-refractivity contribution in [1.29, 1.82) is 0 Å². The molecule has 0 amide bonds. The summed E-state index contributed by atoms with van der Waals surface area (Å²) < 4.78 is 0. The van der Waals surface area contributed by atoms with Gasteiger partial charge in [-0.2, -0.15) is 0 Å². The molecule has 14 aromatic carbocycles. The summed E-state index contributed by atoms with van der Waals surface area (Å²) in [5.74, 6) is 1.47. The molecule has 94 heavy (non-hydrogen) atoms. The third kappa shape index (κ3) is 12.0. The van der Waals surface area contributed by atoms with Crippen LogP contribution in [-0.4, -0.2) is 4.98 Å². The fraction of sp³-hybridized carbons (Fsp3) is 0. The Hall–Kier alpha value is -12.6. The second-order valence-corrected chi connectivity index (χ2v) is 23.1. The lowest BCUT2D eigenvalue weighted by molar-refractivity contribution is 1.13. The number of pyridine rings is 1. The Morgan fingerprint density at radius 1 is 0.149 bits per heavy atom. The number of benzene rings is 14. The molecule has 0 radical (unpaired) electrons. The van der Waals surface area contributed by atoms with E-state index >= 15 is 0 Å². The molecule has 0 aliphatic rings. The van der Waals surface area contributed by atoms with Gasteiger partial charge in [-0.3, -0.25) is 9.80 Å². The van der Waals surface area contributed by atoms with Crippen molar-refractivity contribution in [3.05, 3.63) is 394 Å². The standard InChI is InChI=1S/C89H65N5/c1-11-34-66(35-12-1)72-60-78(64-80(62-72)93(76-50-27-9-28-51-76)88-82(68-38-15-3-16-39-68)54-31-55-83(88)69-40-17-4-18-41-69)91(74-46-23-7-24-47-74)86-58-33-59-87(90-86)92(75-48-25-8-26-49-75)79-61-73(67-36-13-2-14-37-67)63-81(65-79)94(77-52-29-10-30-53-77)89-84(70-42-19-5-20-43-70)56-32-57-85(89)71-44-21-6-22-45-71/h1-65H. The summed E-state index contributed by atoms with van der Waals surface area (Å²) in [5.41, 5.74) is 23.1. The van der Waals surface area contributed by atoms with E-state index in [-0.39, 0.29) is 0 Å². The topological polar surface area (TPSA) is 25.9 Å². The van der Waals surface area contributed by atoms with E-state index < -0.39 is 0 Å². The predicted octanol–water partition coefficient (Wildman–Crippen LogP) is 25.0. The van der Waals surface area contributed by atoms with E-state index in [1.165, 1.54) is 0 Å². The second-order valence-electron chi connectivity index (χ2n) is 23.1. The van der Waals surface area contributed by atoms with E-state index in [1.807, 2.05) is 0 Å². The summed E-state index contributed by atoms with van der Waals surface area (Å²) in [4.78, 5) is 15.4. The van der Waals surface area contributed by atoms with E-state index in [1.54, 1.807) is 0 Å². The molecule has 0 spiro atoms. The lowest BCUT2D eigenvalue weighted by atomic mass is 9.94. The molecular weight excluding hydrogens is 1140 g/mol. The van der Waals surface area contributed by atoms with Crippen LogP contribution in [0, 0.1) is 0 Å². The van der Waals surface area contributed by atoms with Crippen molar-refractivity contribution in [2.75, 3.05) is 19.6 Å². The number of aromatic nitrogens is 1. The Kier molecular flexibility index (Phi) is 16.5. The number of hydrogen-bond acceptors (Lipinski definition) is 5. The van der Waals surface area contributed by atoms with Crippen molar-refractivity contribution in [1.82, 2.24) is 4.98 Å². The van der Waals surface area contributed by atoms with Gasteiger partial charge in [-0.15, -0.1) is 0 Å². The third-order valence-electron chi connectivity index (χ3n) is 17.1. The first kappa shape index (κ1) is 57.8. The molecule has 0 atom stereocenters. The Morgan fingerprint density at radius 2 is 0.362 bits per heavy atom. The summed E-state index contributed by atoms with van der Waals surface area (Å²) >= 11 is 0. The highest BCUT2D eigenvalue weighted by molar-refractivity contribution is 6.01. The number of anilines is 12. The van der Waals surface area contributed by atoms with Crippen LogP contribution < -0.4 is 19.6 Å². The first-order chi connectivity index (χ1) is 46.7. The lowest BCUT2D eigenvalue weighted by Gasteiger charge is -2.33. The van der Waals surface area contributed by atoms with Crippen molar-refractivity contribution < 1.29 is 0 Å². The average molecular weight is 1200 g/mol. The summed E-state index contributed by atoms with van der Waals surface area (Å²) in [6.45, 7) is 0. The van der Waals surface area contributed by atoms with Crippen molar-refractivity contribution in [2.45, 2.75) is 0 Å². The number of para-hydroxylation sites is 6. The summed E-state index contributed by atoms with van der Waals surface area (Å²) in [6, 6.07) is 141. The molecule has 0 unspecified atom stereocenters. The van der Waals surface area contributed by atoms with E-state index in [2.05, 4.69) is 414 Å². The smallest absolute Gasteiger partial charge is 0.140 e. The van der Waals surface area contributed by atoms with Crippen LogP contribution >= 0.6 is 0 Å². The van der Waals surface area contributed by atoms with Crippen molar-refractivity contribution in [3.63, 3.8) is 0 Å². The maximum absolute atomic E-state index is 5.91. The van der Waals surface area contributed by atoms with Gasteiger partial charge in [-0.25, -0.2) is 4.98 Å².